The number of nitrogens with two attached hydrogens (primary N) is 1. The molecule has 1 heterocycles. The topological polar surface area (TPSA) is 118 Å². The number of nitriles is 1. The second-order valence-electron chi connectivity index (χ2n) is 9.97. The Morgan fingerprint density at radius 1 is 1.15 bits per heavy atom. The highest BCUT2D eigenvalue weighted by Crippen LogP contribution is 2.59. The predicted octanol–water partition coefficient (Wildman–Crippen LogP) is 3.54. The van der Waals surface area contributed by atoms with Gasteiger partial charge < -0.3 is 25.8 Å². The molecular formula is C25H32N6O2. The Labute approximate surface area is 194 Å². The lowest BCUT2D eigenvalue weighted by molar-refractivity contribution is -0.0591. The molecule has 1 aromatic heterocycles. The van der Waals surface area contributed by atoms with Crippen molar-refractivity contribution in [3.8, 4) is 17.6 Å². The van der Waals surface area contributed by atoms with Crippen LogP contribution in [0.1, 0.15) is 43.2 Å². The van der Waals surface area contributed by atoms with Crippen LogP contribution in [0.2, 0.25) is 0 Å². The Balaban J connectivity index is 1.29. The molecule has 0 amide bonds. The zero-order valence-electron chi connectivity index (χ0n) is 19.3. The molecule has 4 bridgehead atoms. The van der Waals surface area contributed by atoms with Gasteiger partial charge in [0.1, 0.15) is 17.5 Å². The van der Waals surface area contributed by atoms with Crippen molar-refractivity contribution in [1.29, 1.82) is 5.26 Å². The number of ether oxygens (including phenoxy) is 2. The lowest BCUT2D eigenvalue weighted by Gasteiger charge is -2.59. The van der Waals surface area contributed by atoms with Crippen molar-refractivity contribution in [2.24, 2.45) is 28.9 Å². The van der Waals surface area contributed by atoms with E-state index in [1.54, 1.807) is 20.4 Å². The fourth-order valence-electron chi connectivity index (χ4n) is 6.67. The van der Waals surface area contributed by atoms with Crippen LogP contribution in [0.4, 0.5) is 11.8 Å². The number of hydrogen-bond donors (Lipinski definition) is 3. The standard InChI is InChI=1S/C25H32N6O2/c1-32-20-5-3-4-16(22(20)33-2)12-28-24-29-13-19(11-26)23(31-24)30-14-25-8-15-6-17(9-25)21(27)18(7-15)10-25/h3-5,13,15,17-18,21H,6-10,12,14,27H2,1-2H3,(H2,28,29,30,31)/t15?,17-,18+,21?,25?. The highest BCUT2D eigenvalue weighted by Gasteiger charge is 2.54. The van der Waals surface area contributed by atoms with Crippen LogP contribution in [0.3, 0.4) is 0 Å². The minimum atomic E-state index is 0.269. The van der Waals surface area contributed by atoms with Crippen LogP contribution in [0.15, 0.2) is 24.4 Å². The van der Waals surface area contributed by atoms with Gasteiger partial charge in [-0.3, -0.25) is 0 Å². The van der Waals surface area contributed by atoms with Crippen LogP contribution in [0.25, 0.3) is 0 Å². The second-order valence-corrected chi connectivity index (χ2v) is 9.97. The molecule has 0 saturated heterocycles. The number of anilines is 2. The van der Waals surface area contributed by atoms with E-state index < -0.39 is 0 Å². The summed E-state index contributed by atoms with van der Waals surface area (Å²) >= 11 is 0. The van der Waals surface area contributed by atoms with E-state index in [0.29, 0.717) is 53.3 Å². The van der Waals surface area contributed by atoms with Crippen molar-refractivity contribution in [3.05, 3.63) is 35.5 Å². The monoisotopic (exact) mass is 448 g/mol. The number of hydrogen-bond acceptors (Lipinski definition) is 8. The Morgan fingerprint density at radius 2 is 1.94 bits per heavy atom. The van der Waals surface area contributed by atoms with Crippen molar-refractivity contribution < 1.29 is 9.47 Å². The van der Waals surface area contributed by atoms with Crippen molar-refractivity contribution in [2.45, 2.75) is 44.7 Å². The summed E-state index contributed by atoms with van der Waals surface area (Å²) in [6.45, 7) is 1.30. The zero-order valence-corrected chi connectivity index (χ0v) is 19.3. The Kier molecular flexibility index (Phi) is 5.75. The van der Waals surface area contributed by atoms with Gasteiger partial charge in [0.25, 0.3) is 0 Å². The SMILES string of the molecule is COc1cccc(CNc2ncc(C#N)c(NCC34CC5C[C@H](C3)C(N)[C@@H](C5)C4)n2)c1OC. The summed E-state index contributed by atoms with van der Waals surface area (Å²) in [6.07, 6.45) is 7.78. The Bertz CT molecular complexity index is 1050. The molecule has 0 spiro atoms. The van der Waals surface area contributed by atoms with Gasteiger partial charge in [0, 0.05) is 24.7 Å². The van der Waals surface area contributed by atoms with Crippen LogP contribution in [-0.2, 0) is 6.54 Å². The maximum absolute atomic E-state index is 9.60. The van der Waals surface area contributed by atoms with E-state index in [9.17, 15) is 5.26 Å². The number of aromatic nitrogens is 2. The molecule has 0 radical (unpaired) electrons. The normalized spacial score (nSPS) is 29.4. The summed E-state index contributed by atoms with van der Waals surface area (Å²) in [6, 6.07) is 8.34. The average molecular weight is 449 g/mol. The van der Waals surface area contributed by atoms with Gasteiger partial charge in [0.2, 0.25) is 5.95 Å². The van der Waals surface area contributed by atoms with Gasteiger partial charge in [-0.05, 0) is 61.3 Å². The molecule has 33 heavy (non-hydrogen) atoms. The van der Waals surface area contributed by atoms with Gasteiger partial charge in [-0.2, -0.15) is 10.2 Å². The van der Waals surface area contributed by atoms with Crippen LogP contribution in [0.5, 0.6) is 11.5 Å². The summed E-state index contributed by atoms with van der Waals surface area (Å²) in [5, 5.41) is 16.4. The first-order valence-electron chi connectivity index (χ1n) is 11.7. The van der Waals surface area contributed by atoms with Gasteiger partial charge in [-0.1, -0.05) is 12.1 Å². The third kappa shape index (κ3) is 4.06. The van der Waals surface area contributed by atoms with E-state index in [-0.39, 0.29) is 5.41 Å². The van der Waals surface area contributed by atoms with Gasteiger partial charge >= 0.3 is 0 Å². The van der Waals surface area contributed by atoms with E-state index in [1.165, 1.54) is 32.1 Å². The number of rotatable bonds is 8. The summed E-state index contributed by atoms with van der Waals surface area (Å²) in [5.74, 6) is 4.51. The molecule has 0 aliphatic heterocycles. The Hall–Kier alpha value is -3.05. The molecule has 4 aliphatic rings. The molecule has 4 saturated carbocycles. The fourth-order valence-corrected chi connectivity index (χ4v) is 6.67. The molecule has 4 fully saturated rings. The van der Waals surface area contributed by atoms with Crippen LogP contribution < -0.4 is 25.8 Å². The lowest BCUT2D eigenvalue weighted by Crippen LogP contribution is -2.58. The van der Waals surface area contributed by atoms with Crippen molar-refractivity contribution >= 4 is 11.8 Å². The van der Waals surface area contributed by atoms with Crippen molar-refractivity contribution in [2.75, 3.05) is 31.4 Å². The minimum absolute atomic E-state index is 0.269. The molecule has 174 valence electrons. The second kappa shape index (κ2) is 8.71. The number of para-hydroxylation sites is 1. The van der Waals surface area contributed by atoms with E-state index in [4.69, 9.17) is 15.2 Å². The van der Waals surface area contributed by atoms with Gasteiger partial charge in [0.15, 0.2) is 11.5 Å². The number of methoxy groups -OCH3 is 2. The average Bonchev–Trinajstić information content (AvgIpc) is 2.83. The van der Waals surface area contributed by atoms with E-state index >= 15 is 0 Å². The molecule has 1 aromatic carbocycles. The van der Waals surface area contributed by atoms with Gasteiger partial charge in [0.05, 0.1) is 20.4 Å². The molecule has 8 nitrogen and oxygen atoms in total. The summed E-state index contributed by atoms with van der Waals surface area (Å²) < 4.78 is 10.9. The molecule has 3 unspecified atom stereocenters. The first kappa shape index (κ1) is 21.8. The zero-order chi connectivity index (χ0) is 23.0. The molecular weight excluding hydrogens is 416 g/mol. The maximum Gasteiger partial charge on any atom is 0.224 e. The highest BCUT2D eigenvalue weighted by molar-refractivity contribution is 5.54. The third-order valence-corrected chi connectivity index (χ3v) is 7.93. The maximum atomic E-state index is 9.60. The fraction of sp³-hybridized carbons (Fsp3) is 0.560. The van der Waals surface area contributed by atoms with E-state index in [2.05, 4.69) is 26.7 Å². The van der Waals surface area contributed by atoms with Crippen LogP contribution in [-0.4, -0.2) is 36.8 Å². The quantitative estimate of drug-likeness (QED) is 0.561. The predicted molar refractivity (Wildman–Crippen MR) is 126 cm³/mol. The van der Waals surface area contributed by atoms with E-state index in [1.807, 2.05) is 18.2 Å². The smallest absolute Gasteiger partial charge is 0.224 e. The van der Waals surface area contributed by atoms with Crippen LogP contribution in [0, 0.1) is 34.5 Å². The van der Waals surface area contributed by atoms with Crippen LogP contribution >= 0.6 is 0 Å². The third-order valence-electron chi connectivity index (χ3n) is 7.93. The first-order chi connectivity index (χ1) is 16.0. The van der Waals surface area contributed by atoms with Gasteiger partial charge in [-0.25, -0.2) is 4.98 Å². The molecule has 8 heteroatoms. The molecule has 5 atom stereocenters. The molecule has 4 N–H and O–H groups in total. The van der Waals surface area contributed by atoms with Crippen molar-refractivity contribution in [1.82, 2.24) is 9.97 Å². The first-order valence-corrected chi connectivity index (χ1v) is 11.7. The number of nitrogens with zero attached hydrogens (tertiary/aromatic N) is 3. The Morgan fingerprint density at radius 3 is 2.64 bits per heavy atom. The van der Waals surface area contributed by atoms with Gasteiger partial charge in [-0.15, -0.1) is 0 Å². The molecule has 2 aromatic rings. The lowest BCUT2D eigenvalue weighted by atomic mass is 9.48. The summed E-state index contributed by atoms with van der Waals surface area (Å²) in [7, 11) is 3.24. The van der Waals surface area contributed by atoms with E-state index in [0.717, 1.165) is 18.0 Å². The molecule has 6 rings (SSSR count). The largest absolute Gasteiger partial charge is 0.493 e. The highest BCUT2D eigenvalue weighted by atomic mass is 16.5. The van der Waals surface area contributed by atoms with Crippen molar-refractivity contribution in [3.63, 3.8) is 0 Å². The summed E-state index contributed by atoms with van der Waals surface area (Å²) in [4.78, 5) is 8.97. The molecule has 4 aliphatic carbocycles. The number of benzene rings is 1. The minimum Gasteiger partial charge on any atom is -0.493 e. The number of nitrogens with one attached hydrogen (secondary N) is 2. The summed E-state index contributed by atoms with van der Waals surface area (Å²) in [5.41, 5.74) is 8.17.